The summed E-state index contributed by atoms with van der Waals surface area (Å²) in [4.78, 5) is 12.8. The summed E-state index contributed by atoms with van der Waals surface area (Å²) in [5, 5.41) is 5.49. The zero-order valence-corrected chi connectivity index (χ0v) is 18.5. The van der Waals surface area contributed by atoms with E-state index >= 15 is 0 Å². The second-order valence-electron chi connectivity index (χ2n) is 7.13. The molecule has 4 rings (SSSR count). The summed E-state index contributed by atoms with van der Waals surface area (Å²) in [5.41, 5.74) is 2.42. The van der Waals surface area contributed by atoms with Gasteiger partial charge in [0.25, 0.3) is 10.0 Å². The van der Waals surface area contributed by atoms with Crippen molar-refractivity contribution >= 4 is 33.1 Å². The first-order valence-corrected chi connectivity index (χ1v) is 11.4. The normalized spacial score (nSPS) is 12.8. The van der Waals surface area contributed by atoms with Crippen molar-refractivity contribution in [2.45, 2.75) is 11.3 Å². The van der Waals surface area contributed by atoms with Crippen LogP contribution < -0.4 is 24.4 Å². The average molecular weight is 454 g/mol. The third kappa shape index (κ3) is 4.19. The van der Waals surface area contributed by atoms with E-state index in [1.165, 1.54) is 11.4 Å². The van der Waals surface area contributed by atoms with Gasteiger partial charge in [-0.05, 0) is 48.4 Å². The summed E-state index contributed by atoms with van der Waals surface area (Å²) in [6.07, 6.45) is 0.608. The molecule has 0 spiro atoms. The van der Waals surface area contributed by atoms with Crippen LogP contribution in [0.25, 0.3) is 0 Å². The van der Waals surface area contributed by atoms with E-state index in [9.17, 15) is 13.2 Å². The SMILES string of the molecule is COc1ccc(NC(=O)Nc2ccc3c(c2)N(S(=O)(=O)c2ccccc2)CC3)c(OC)c1. The number of ether oxygens (including phenoxy) is 2. The van der Waals surface area contributed by atoms with Crippen LogP contribution in [0.3, 0.4) is 0 Å². The summed E-state index contributed by atoms with van der Waals surface area (Å²) in [6.45, 7) is 0.352. The molecule has 3 aromatic rings. The quantitative estimate of drug-likeness (QED) is 0.586. The molecule has 2 amide bonds. The van der Waals surface area contributed by atoms with E-state index in [0.717, 1.165) is 5.56 Å². The lowest BCUT2D eigenvalue weighted by atomic mass is 10.1. The van der Waals surface area contributed by atoms with Crippen LogP contribution >= 0.6 is 0 Å². The fourth-order valence-electron chi connectivity index (χ4n) is 3.58. The number of anilines is 3. The van der Waals surface area contributed by atoms with Crippen LogP contribution in [0.5, 0.6) is 11.5 Å². The molecule has 32 heavy (non-hydrogen) atoms. The molecule has 8 nitrogen and oxygen atoms in total. The first kappa shape index (κ1) is 21.5. The van der Waals surface area contributed by atoms with Gasteiger partial charge in [-0.2, -0.15) is 0 Å². The Bertz CT molecular complexity index is 1250. The second-order valence-corrected chi connectivity index (χ2v) is 8.99. The number of rotatable bonds is 6. The Morgan fingerprint density at radius 1 is 0.938 bits per heavy atom. The van der Waals surface area contributed by atoms with Crippen LogP contribution in [0.2, 0.25) is 0 Å². The Morgan fingerprint density at radius 3 is 2.44 bits per heavy atom. The standard InChI is InChI=1S/C23H23N3O5S/c1-30-18-10-11-20(22(15-18)31-2)25-23(27)24-17-9-8-16-12-13-26(21(16)14-17)32(28,29)19-6-4-3-5-7-19/h3-11,14-15H,12-13H2,1-2H3,(H2,24,25,27). The molecule has 0 aromatic heterocycles. The minimum atomic E-state index is -3.68. The number of benzene rings is 3. The summed E-state index contributed by atoms with van der Waals surface area (Å²) >= 11 is 0. The van der Waals surface area contributed by atoms with Crippen molar-refractivity contribution in [3.63, 3.8) is 0 Å². The van der Waals surface area contributed by atoms with Gasteiger partial charge in [-0.25, -0.2) is 13.2 Å². The molecule has 0 radical (unpaired) electrons. The number of methoxy groups -OCH3 is 2. The van der Waals surface area contributed by atoms with Crippen LogP contribution in [-0.4, -0.2) is 35.2 Å². The van der Waals surface area contributed by atoms with Gasteiger partial charge in [0.1, 0.15) is 11.5 Å². The van der Waals surface area contributed by atoms with E-state index < -0.39 is 16.1 Å². The second kappa shape index (κ2) is 8.80. The summed E-state index contributed by atoms with van der Waals surface area (Å²) < 4.78 is 38.0. The van der Waals surface area contributed by atoms with Crippen molar-refractivity contribution in [3.05, 3.63) is 72.3 Å². The van der Waals surface area contributed by atoms with Crippen LogP contribution in [0.15, 0.2) is 71.6 Å². The third-order valence-electron chi connectivity index (χ3n) is 5.18. The molecule has 0 bridgehead atoms. The molecule has 0 saturated carbocycles. The topological polar surface area (TPSA) is 97.0 Å². The van der Waals surface area contributed by atoms with Gasteiger partial charge in [-0.15, -0.1) is 0 Å². The van der Waals surface area contributed by atoms with Crippen molar-refractivity contribution in [2.24, 2.45) is 0 Å². The molecule has 0 fully saturated rings. The molecule has 1 heterocycles. The smallest absolute Gasteiger partial charge is 0.323 e. The van der Waals surface area contributed by atoms with Gasteiger partial charge < -0.3 is 20.1 Å². The maximum atomic E-state index is 13.1. The monoisotopic (exact) mass is 453 g/mol. The molecule has 166 valence electrons. The number of hydrogen-bond donors (Lipinski definition) is 2. The number of hydrogen-bond acceptors (Lipinski definition) is 5. The lowest BCUT2D eigenvalue weighted by molar-refractivity contribution is 0.262. The van der Waals surface area contributed by atoms with Gasteiger partial charge in [0.15, 0.2) is 0 Å². The van der Waals surface area contributed by atoms with Crippen LogP contribution in [-0.2, 0) is 16.4 Å². The van der Waals surface area contributed by atoms with Gasteiger partial charge in [0.05, 0.1) is 30.5 Å². The number of nitrogens with zero attached hydrogens (tertiary/aromatic N) is 1. The number of urea groups is 1. The highest BCUT2D eigenvalue weighted by atomic mass is 32.2. The predicted molar refractivity (Wildman–Crippen MR) is 123 cm³/mol. The predicted octanol–water partition coefficient (Wildman–Crippen LogP) is 4.10. The molecule has 1 aliphatic heterocycles. The molecule has 2 N–H and O–H groups in total. The third-order valence-corrected chi connectivity index (χ3v) is 7.01. The van der Waals surface area contributed by atoms with Crippen molar-refractivity contribution in [1.29, 1.82) is 0 Å². The fourth-order valence-corrected chi connectivity index (χ4v) is 5.10. The van der Waals surface area contributed by atoms with E-state index in [1.807, 2.05) is 6.07 Å². The summed E-state index contributed by atoms with van der Waals surface area (Å²) in [7, 11) is -0.639. The maximum Gasteiger partial charge on any atom is 0.323 e. The molecule has 9 heteroatoms. The van der Waals surface area contributed by atoms with Gasteiger partial charge in [0.2, 0.25) is 0 Å². The molecular formula is C23H23N3O5S. The maximum absolute atomic E-state index is 13.1. The highest BCUT2D eigenvalue weighted by molar-refractivity contribution is 7.92. The zero-order valence-electron chi connectivity index (χ0n) is 17.7. The van der Waals surface area contributed by atoms with E-state index in [-0.39, 0.29) is 4.90 Å². The van der Waals surface area contributed by atoms with Gasteiger partial charge in [-0.3, -0.25) is 4.31 Å². The molecule has 1 aliphatic rings. The van der Waals surface area contributed by atoms with Crippen molar-refractivity contribution < 1.29 is 22.7 Å². The zero-order chi connectivity index (χ0) is 22.7. The first-order chi connectivity index (χ1) is 15.4. The molecule has 0 saturated heterocycles. The average Bonchev–Trinajstić information content (AvgIpc) is 3.24. The molecule has 0 atom stereocenters. The van der Waals surface area contributed by atoms with E-state index in [4.69, 9.17) is 9.47 Å². The van der Waals surface area contributed by atoms with E-state index in [2.05, 4.69) is 10.6 Å². The number of carbonyl (C=O) groups excluding carboxylic acids is 1. The van der Waals surface area contributed by atoms with Gasteiger partial charge in [-0.1, -0.05) is 24.3 Å². The van der Waals surface area contributed by atoms with Crippen molar-refractivity contribution in [2.75, 3.05) is 35.7 Å². The minimum absolute atomic E-state index is 0.232. The molecule has 0 aliphatic carbocycles. The largest absolute Gasteiger partial charge is 0.497 e. The molecular weight excluding hydrogens is 430 g/mol. The Labute approximate surface area is 186 Å². The van der Waals surface area contributed by atoms with Crippen molar-refractivity contribution in [1.82, 2.24) is 0 Å². The summed E-state index contributed by atoms with van der Waals surface area (Å²) in [5.74, 6) is 1.06. The van der Waals surface area contributed by atoms with Crippen LogP contribution in [0.4, 0.5) is 21.9 Å². The van der Waals surface area contributed by atoms with Gasteiger partial charge in [0, 0.05) is 18.3 Å². The van der Waals surface area contributed by atoms with E-state index in [0.29, 0.717) is 41.5 Å². The van der Waals surface area contributed by atoms with Crippen LogP contribution in [0, 0.1) is 0 Å². The first-order valence-electron chi connectivity index (χ1n) is 9.93. The Kier molecular flexibility index (Phi) is 5.91. The Balaban J connectivity index is 1.54. The number of amides is 2. The molecule has 0 unspecified atom stereocenters. The highest BCUT2D eigenvalue weighted by Crippen LogP contribution is 2.35. The van der Waals surface area contributed by atoms with E-state index in [1.54, 1.807) is 67.8 Å². The van der Waals surface area contributed by atoms with Crippen molar-refractivity contribution in [3.8, 4) is 11.5 Å². The molecule has 3 aromatic carbocycles. The minimum Gasteiger partial charge on any atom is -0.497 e. The number of carbonyl (C=O) groups is 1. The number of sulfonamides is 1. The Hall–Kier alpha value is -3.72. The van der Waals surface area contributed by atoms with Crippen LogP contribution in [0.1, 0.15) is 5.56 Å². The lowest BCUT2D eigenvalue weighted by Crippen LogP contribution is -2.29. The Morgan fingerprint density at radius 2 is 1.72 bits per heavy atom. The lowest BCUT2D eigenvalue weighted by Gasteiger charge is -2.20. The highest BCUT2D eigenvalue weighted by Gasteiger charge is 2.31. The summed E-state index contributed by atoms with van der Waals surface area (Å²) in [6, 6.07) is 18.1. The fraction of sp³-hybridized carbons (Fsp3) is 0.174. The number of nitrogens with one attached hydrogen (secondary N) is 2. The number of fused-ring (bicyclic) bond motifs is 1. The van der Waals surface area contributed by atoms with Gasteiger partial charge >= 0.3 is 6.03 Å².